The van der Waals surface area contributed by atoms with Gasteiger partial charge in [-0.3, -0.25) is 29.2 Å². The fraction of sp³-hybridized carbons (Fsp3) is 0.300. The molecule has 0 aliphatic carbocycles. The lowest BCUT2D eigenvalue weighted by Gasteiger charge is -2.24. The molecule has 0 fully saturated rings. The van der Waals surface area contributed by atoms with Gasteiger partial charge in [0.05, 0.1) is 16.8 Å². The van der Waals surface area contributed by atoms with E-state index >= 15 is 0 Å². The van der Waals surface area contributed by atoms with E-state index < -0.39 is 29.1 Å². The first-order chi connectivity index (χ1) is 13.5. The number of ether oxygens (including phenoxy) is 1. The van der Waals surface area contributed by atoms with Gasteiger partial charge < -0.3 is 10.5 Å². The predicted octanol–water partition coefficient (Wildman–Crippen LogP) is 1.55. The van der Waals surface area contributed by atoms with Crippen LogP contribution in [0.5, 0.6) is 0 Å². The van der Waals surface area contributed by atoms with E-state index in [1.807, 2.05) is 0 Å². The van der Waals surface area contributed by atoms with Crippen LogP contribution in [0.1, 0.15) is 52.6 Å². The molecule has 1 aromatic heterocycles. The molecule has 0 spiro atoms. The minimum Gasteiger partial charge on any atom is -0.444 e. The molecule has 0 unspecified atom stereocenters. The second kappa shape index (κ2) is 6.20. The highest BCUT2D eigenvalue weighted by molar-refractivity contribution is 6.23. The average molecular weight is 396 g/mol. The van der Waals surface area contributed by atoms with Crippen LogP contribution >= 0.6 is 0 Å². The number of nitrogens with one attached hydrogen (secondary N) is 1. The van der Waals surface area contributed by atoms with Crippen LogP contribution in [0.15, 0.2) is 29.1 Å². The van der Waals surface area contributed by atoms with Crippen LogP contribution in [0.3, 0.4) is 0 Å². The Balaban J connectivity index is 1.70. The number of aromatic nitrogens is 1. The number of nitrogen functional groups attached to an aromatic ring is 1. The van der Waals surface area contributed by atoms with Gasteiger partial charge in [0.1, 0.15) is 11.4 Å². The first-order valence-corrected chi connectivity index (χ1v) is 9.06. The van der Waals surface area contributed by atoms with E-state index in [0.29, 0.717) is 18.8 Å². The number of hydrogen-bond donors (Lipinski definition) is 2. The molecule has 9 nitrogen and oxygen atoms in total. The van der Waals surface area contributed by atoms with Crippen molar-refractivity contribution in [3.63, 3.8) is 0 Å². The van der Waals surface area contributed by atoms with Gasteiger partial charge in [-0.1, -0.05) is 6.07 Å². The lowest BCUT2D eigenvalue weighted by molar-refractivity contribution is 0.0241. The van der Waals surface area contributed by atoms with Crippen molar-refractivity contribution in [3.05, 3.63) is 56.9 Å². The normalized spacial score (nSPS) is 15.2. The van der Waals surface area contributed by atoms with Crippen LogP contribution in [0, 0.1) is 0 Å². The van der Waals surface area contributed by atoms with Gasteiger partial charge in [0, 0.05) is 19.2 Å². The Morgan fingerprint density at radius 1 is 1.07 bits per heavy atom. The van der Waals surface area contributed by atoms with Crippen molar-refractivity contribution >= 4 is 23.7 Å². The fourth-order valence-corrected chi connectivity index (χ4v) is 3.52. The molecule has 0 atom stereocenters. The minimum atomic E-state index is -0.636. The highest BCUT2D eigenvalue weighted by Crippen LogP contribution is 2.28. The summed E-state index contributed by atoms with van der Waals surface area (Å²) in [6.45, 7) is 6.13. The van der Waals surface area contributed by atoms with Crippen LogP contribution in [0.2, 0.25) is 0 Å². The molecular weight excluding hydrogens is 376 g/mol. The molecule has 2 aliphatic heterocycles. The fourth-order valence-electron chi connectivity index (χ4n) is 3.52. The Labute approximate surface area is 166 Å². The van der Waals surface area contributed by atoms with Crippen molar-refractivity contribution in [1.29, 1.82) is 0 Å². The third-order valence-electron chi connectivity index (χ3n) is 4.78. The highest BCUT2D eigenvalue weighted by Gasteiger charge is 2.32. The number of hydrogen-bond acceptors (Lipinski definition) is 6. The first-order valence-electron chi connectivity index (χ1n) is 9.06. The molecule has 4 rings (SSSR count). The number of rotatable bonds is 1. The molecule has 29 heavy (non-hydrogen) atoms. The maximum absolute atomic E-state index is 12.6. The monoisotopic (exact) mass is 396 g/mol. The number of anilines is 1. The Morgan fingerprint density at radius 3 is 2.45 bits per heavy atom. The second-order valence-corrected chi connectivity index (χ2v) is 8.06. The van der Waals surface area contributed by atoms with Gasteiger partial charge in [-0.05, 0) is 44.0 Å². The van der Waals surface area contributed by atoms with Crippen LogP contribution < -0.4 is 16.6 Å². The van der Waals surface area contributed by atoms with Crippen LogP contribution in [-0.2, 0) is 17.8 Å². The Morgan fingerprint density at radius 2 is 1.76 bits per heavy atom. The maximum atomic E-state index is 12.6. The summed E-state index contributed by atoms with van der Waals surface area (Å²) in [4.78, 5) is 50.3. The van der Waals surface area contributed by atoms with E-state index in [4.69, 9.17) is 10.5 Å². The summed E-state index contributed by atoms with van der Waals surface area (Å²) in [6, 6.07) is 6.35. The number of fused-ring (bicyclic) bond motifs is 2. The van der Waals surface area contributed by atoms with Crippen LogP contribution in [0.25, 0.3) is 5.69 Å². The molecule has 0 bridgehead atoms. The number of nitrogens with two attached hydrogens (primary N) is 1. The SMILES string of the molecule is CC(C)(C)OC(=O)N1Cc2ccc(-n3c(N)c4c(cc3=O)C(=O)NC4=O)cc2C1. The first kappa shape index (κ1) is 18.7. The molecule has 2 aromatic rings. The summed E-state index contributed by atoms with van der Waals surface area (Å²) in [5, 5.41) is 2.14. The van der Waals surface area contributed by atoms with E-state index in [1.165, 1.54) is 4.57 Å². The molecule has 0 saturated carbocycles. The predicted molar refractivity (Wildman–Crippen MR) is 104 cm³/mol. The molecule has 2 aliphatic rings. The molecule has 0 radical (unpaired) electrons. The zero-order valence-electron chi connectivity index (χ0n) is 16.2. The van der Waals surface area contributed by atoms with Crippen molar-refractivity contribution in [3.8, 4) is 5.69 Å². The second-order valence-electron chi connectivity index (χ2n) is 8.06. The summed E-state index contributed by atoms with van der Waals surface area (Å²) in [5.74, 6) is -1.37. The van der Waals surface area contributed by atoms with Crippen molar-refractivity contribution in [2.24, 2.45) is 0 Å². The van der Waals surface area contributed by atoms with Gasteiger partial charge in [-0.15, -0.1) is 0 Å². The van der Waals surface area contributed by atoms with Crippen LogP contribution in [-0.4, -0.2) is 33.0 Å². The summed E-state index contributed by atoms with van der Waals surface area (Å²) < 4.78 is 6.60. The minimum absolute atomic E-state index is 0.00881. The van der Waals surface area contributed by atoms with Gasteiger partial charge in [-0.25, -0.2) is 4.79 Å². The Kier molecular flexibility index (Phi) is 4.00. The van der Waals surface area contributed by atoms with Crippen molar-refractivity contribution in [1.82, 2.24) is 14.8 Å². The quantitative estimate of drug-likeness (QED) is 0.705. The van der Waals surface area contributed by atoms with Gasteiger partial charge in [0.25, 0.3) is 17.4 Å². The largest absolute Gasteiger partial charge is 0.444 e. The zero-order valence-corrected chi connectivity index (χ0v) is 16.2. The summed E-state index contributed by atoms with van der Waals surface area (Å²) in [7, 11) is 0. The van der Waals surface area contributed by atoms with E-state index in [0.717, 1.165) is 17.2 Å². The smallest absolute Gasteiger partial charge is 0.410 e. The van der Waals surface area contributed by atoms with Gasteiger partial charge in [0.2, 0.25) is 0 Å². The molecule has 9 heteroatoms. The molecule has 3 heterocycles. The van der Waals surface area contributed by atoms with E-state index in [9.17, 15) is 19.2 Å². The number of carbonyl (C=O) groups is 3. The van der Waals surface area contributed by atoms with Crippen molar-refractivity contribution < 1.29 is 19.1 Å². The molecule has 1 aromatic carbocycles. The lowest BCUT2D eigenvalue weighted by Crippen LogP contribution is -2.33. The summed E-state index contributed by atoms with van der Waals surface area (Å²) >= 11 is 0. The number of carbonyl (C=O) groups excluding carboxylic acids is 3. The number of benzene rings is 1. The standard InChI is InChI=1S/C20H20N4O5/c1-20(2,3)29-19(28)23-8-10-4-5-12(6-11(10)9-23)24-14(25)7-13-15(16(24)21)18(27)22-17(13)26/h4-7H,8-9,21H2,1-3H3,(H,22,26,27). The molecule has 3 N–H and O–H groups in total. The zero-order chi connectivity index (χ0) is 21.1. The topological polar surface area (TPSA) is 124 Å². The molecular formula is C20H20N4O5. The summed E-state index contributed by atoms with van der Waals surface area (Å²) in [5.41, 5.74) is 7.16. The van der Waals surface area contributed by atoms with E-state index in [2.05, 4.69) is 5.32 Å². The Bertz CT molecular complexity index is 1140. The van der Waals surface area contributed by atoms with Gasteiger partial charge in [0.15, 0.2) is 0 Å². The molecule has 0 saturated heterocycles. The van der Waals surface area contributed by atoms with Crippen molar-refractivity contribution in [2.45, 2.75) is 39.5 Å². The van der Waals surface area contributed by atoms with Gasteiger partial charge in [-0.2, -0.15) is 0 Å². The number of nitrogens with zero attached hydrogens (tertiary/aromatic N) is 2. The maximum Gasteiger partial charge on any atom is 0.410 e. The molecule has 150 valence electrons. The van der Waals surface area contributed by atoms with E-state index in [-0.39, 0.29) is 16.9 Å². The van der Waals surface area contributed by atoms with E-state index in [1.54, 1.807) is 43.9 Å². The average Bonchev–Trinajstić information content (AvgIpc) is 3.14. The van der Waals surface area contributed by atoms with Crippen LogP contribution in [0.4, 0.5) is 10.6 Å². The lowest BCUT2D eigenvalue weighted by atomic mass is 10.1. The number of pyridine rings is 1. The third kappa shape index (κ3) is 3.14. The number of amides is 3. The summed E-state index contributed by atoms with van der Waals surface area (Å²) in [6.07, 6.45) is -0.417. The van der Waals surface area contributed by atoms with Gasteiger partial charge >= 0.3 is 6.09 Å². The number of imide groups is 1. The third-order valence-corrected chi connectivity index (χ3v) is 4.78. The Hall–Kier alpha value is -3.62. The van der Waals surface area contributed by atoms with Crippen molar-refractivity contribution in [2.75, 3.05) is 5.73 Å². The molecule has 3 amide bonds. The highest BCUT2D eigenvalue weighted by atomic mass is 16.6.